The number of carbonyl (C=O) groups is 1. The predicted molar refractivity (Wildman–Crippen MR) is 50.2 cm³/mol. The molecule has 2 rings (SSSR count). The van der Waals surface area contributed by atoms with Gasteiger partial charge in [0.2, 0.25) is 0 Å². The molecule has 4 nitrogen and oxygen atoms in total. The fourth-order valence-electron chi connectivity index (χ4n) is 1.20. The highest BCUT2D eigenvalue weighted by atomic mass is 16.5. The number of nitrogens with one attached hydrogen (secondary N) is 1. The summed E-state index contributed by atoms with van der Waals surface area (Å²) in [5.41, 5.74) is 1.44. The van der Waals surface area contributed by atoms with E-state index in [-0.39, 0.29) is 0 Å². The summed E-state index contributed by atoms with van der Waals surface area (Å²) < 4.78 is 4.52. The molecule has 2 aromatic rings. The van der Waals surface area contributed by atoms with Gasteiger partial charge in [-0.1, -0.05) is 18.2 Å². The van der Waals surface area contributed by atoms with Crippen molar-refractivity contribution in [1.29, 1.82) is 0 Å². The molecule has 0 aliphatic heterocycles. The lowest BCUT2D eigenvalue weighted by Crippen LogP contribution is -1.86. The molecule has 0 bridgehead atoms. The molecule has 0 aliphatic carbocycles. The van der Waals surface area contributed by atoms with Gasteiger partial charge < -0.3 is 4.52 Å². The Kier molecular flexibility index (Phi) is 2.02. The van der Waals surface area contributed by atoms with Crippen LogP contribution in [0, 0.1) is 0 Å². The van der Waals surface area contributed by atoms with Crippen molar-refractivity contribution in [3.05, 3.63) is 46.3 Å². The van der Waals surface area contributed by atoms with Gasteiger partial charge in [-0.15, -0.1) is 0 Å². The summed E-state index contributed by atoms with van der Waals surface area (Å²) in [6.07, 6.45) is 0.752. The molecular weight excluding hydrogens is 182 g/mol. The smallest absolute Gasteiger partial charge is 0.339 e. The monoisotopic (exact) mass is 189 g/mol. The summed E-state index contributed by atoms with van der Waals surface area (Å²) in [6, 6.07) is 8.23. The highest BCUT2D eigenvalue weighted by Gasteiger charge is 2.02. The second kappa shape index (κ2) is 3.33. The molecule has 0 spiro atoms. The van der Waals surface area contributed by atoms with E-state index in [9.17, 15) is 9.59 Å². The van der Waals surface area contributed by atoms with Crippen LogP contribution in [-0.4, -0.2) is 11.4 Å². The Hall–Kier alpha value is -2.10. The molecule has 1 N–H and O–H groups in total. The lowest BCUT2D eigenvalue weighted by molar-refractivity contribution is 0.112. The highest BCUT2D eigenvalue weighted by Crippen LogP contribution is 2.15. The van der Waals surface area contributed by atoms with Gasteiger partial charge in [0.1, 0.15) is 6.29 Å². The standard InChI is InChI=1S/C10H7NO3/c12-6-7-2-1-3-8(4-7)9-5-10(13)14-11-9/h1-6,11H. The minimum absolute atomic E-state index is 0.434. The topological polar surface area (TPSA) is 63.1 Å². The molecule has 0 fully saturated rings. The van der Waals surface area contributed by atoms with E-state index in [2.05, 4.69) is 9.68 Å². The van der Waals surface area contributed by atoms with Gasteiger partial charge in [-0.2, -0.15) is 0 Å². The van der Waals surface area contributed by atoms with Crippen LogP contribution in [0.5, 0.6) is 0 Å². The first-order valence-electron chi connectivity index (χ1n) is 4.04. The van der Waals surface area contributed by atoms with E-state index in [4.69, 9.17) is 0 Å². The molecule has 0 saturated heterocycles. The van der Waals surface area contributed by atoms with Crippen molar-refractivity contribution in [3.63, 3.8) is 0 Å². The lowest BCUT2D eigenvalue weighted by Gasteiger charge is -1.96. The number of aromatic amines is 1. The second-order valence-corrected chi connectivity index (χ2v) is 2.82. The Morgan fingerprint density at radius 3 is 2.79 bits per heavy atom. The van der Waals surface area contributed by atoms with Crippen LogP contribution < -0.4 is 5.63 Å². The minimum atomic E-state index is -0.434. The molecule has 4 heteroatoms. The maximum absolute atomic E-state index is 10.8. The third-order valence-electron chi connectivity index (χ3n) is 1.86. The van der Waals surface area contributed by atoms with Crippen LogP contribution in [0.3, 0.4) is 0 Å². The first kappa shape index (κ1) is 8.50. The van der Waals surface area contributed by atoms with Crippen molar-refractivity contribution in [2.24, 2.45) is 0 Å². The van der Waals surface area contributed by atoms with Crippen molar-refractivity contribution in [1.82, 2.24) is 5.16 Å². The molecule has 0 aliphatic rings. The van der Waals surface area contributed by atoms with Crippen molar-refractivity contribution in [2.45, 2.75) is 0 Å². The zero-order valence-corrected chi connectivity index (χ0v) is 7.19. The molecule has 0 atom stereocenters. The molecule has 70 valence electrons. The van der Waals surface area contributed by atoms with E-state index in [0.717, 1.165) is 11.8 Å². The third kappa shape index (κ3) is 1.50. The van der Waals surface area contributed by atoms with E-state index in [1.54, 1.807) is 24.3 Å². The first-order chi connectivity index (χ1) is 6.79. The number of carbonyl (C=O) groups excluding carboxylic acids is 1. The van der Waals surface area contributed by atoms with Crippen LogP contribution in [-0.2, 0) is 0 Å². The Morgan fingerprint density at radius 2 is 2.14 bits per heavy atom. The maximum Gasteiger partial charge on any atom is 0.357 e. The maximum atomic E-state index is 10.8. The zero-order chi connectivity index (χ0) is 9.97. The Balaban J connectivity index is 2.51. The van der Waals surface area contributed by atoms with Crippen molar-refractivity contribution >= 4 is 6.29 Å². The summed E-state index contributed by atoms with van der Waals surface area (Å²) >= 11 is 0. The van der Waals surface area contributed by atoms with Crippen LogP contribution in [0.4, 0.5) is 0 Å². The number of hydrogen-bond donors (Lipinski definition) is 1. The van der Waals surface area contributed by atoms with E-state index < -0.39 is 5.63 Å². The molecular formula is C10H7NO3. The number of aromatic nitrogens is 1. The average Bonchev–Trinajstić information content (AvgIpc) is 2.65. The van der Waals surface area contributed by atoms with Gasteiger partial charge in [-0.3, -0.25) is 4.79 Å². The largest absolute Gasteiger partial charge is 0.357 e. The fourth-order valence-corrected chi connectivity index (χ4v) is 1.20. The number of rotatable bonds is 2. The van der Waals surface area contributed by atoms with E-state index in [1.807, 2.05) is 0 Å². The molecule has 1 aromatic carbocycles. The lowest BCUT2D eigenvalue weighted by atomic mass is 10.1. The van der Waals surface area contributed by atoms with Crippen molar-refractivity contribution in [3.8, 4) is 11.3 Å². The number of H-pyrrole nitrogens is 1. The molecule has 0 unspecified atom stereocenters. The van der Waals surface area contributed by atoms with Crippen molar-refractivity contribution < 1.29 is 9.32 Å². The predicted octanol–water partition coefficient (Wildman–Crippen LogP) is 1.45. The second-order valence-electron chi connectivity index (χ2n) is 2.82. The Morgan fingerprint density at radius 1 is 1.29 bits per heavy atom. The fraction of sp³-hybridized carbons (Fsp3) is 0. The average molecular weight is 189 g/mol. The van der Waals surface area contributed by atoms with Gasteiger partial charge in [0.15, 0.2) is 0 Å². The third-order valence-corrected chi connectivity index (χ3v) is 1.86. The van der Waals surface area contributed by atoms with Gasteiger partial charge in [0, 0.05) is 11.1 Å². The van der Waals surface area contributed by atoms with Gasteiger partial charge >= 0.3 is 5.63 Å². The molecule has 0 amide bonds. The summed E-state index contributed by atoms with van der Waals surface area (Å²) in [6.45, 7) is 0. The van der Waals surface area contributed by atoms with Gasteiger partial charge in [0.05, 0.1) is 11.8 Å². The first-order valence-corrected chi connectivity index (χ1v) is 4.04. The summed E-state index contributed by atoms with van der Waals surface area (Å²) in [5.74, 6) is 0. The van der Waals surface area contributed by atoms with Gasteiger partial charge in [-0.25, -0.2) is 9.95 Å². The van der Waals surface area contributed by atoms with E-state index in [1.165, 1.54) is 6.07 Å². The zero-order valence-electron chi connectivity index (χ0n) is 7.19. The summed E-state index contributed by atoms with van der Waals surface area (Å²) in [4.78, 5) is 21.3. The van der Waals surface area contributed by atoms with E-state index >= 15 is 0 Å². The van der Waals surface area contributed by atoms with Crippen LogP contribution in [0.25, 0.3) is 11.3 Å². The number of aldehydes is 1. The normalized spacial score (nSPS) is 10.0. The summed E-state index contributed by atoms with van der Waals surface area (Å²) in [5, 5.41) is 2.47. The minimum Gasteiger partial charge on any atom is -0.339 e. The molecule has 14 heavy (non-hydrogen) atoms. The van der Waals surface area contributed by atoms with E-state index in [0.29, 0.717) is 11.3 Å². The Bertz CT molecular complexity index is 510. The Labute approximate surface area is 79.1 Å². The number of hydrogen-bond acceptors (Lipinski definition) is 3. The molecule has 0 radical (unpaired) electrons. The molecule has 0 saturated carbocycles. The van der Waals surface area contributed by atoms with Crippen LogP contribution in [0.2, 0.25) is 0 Å². The van der Waals surface area contributed by atoms with Gasteiger partial charge in [-0.05, 0) is 6.07 Å². The quantitative estimate of drug-likeness (QED) is 0.727. The number of benzene rings is 1. The summed E-state index contributed by atoms with van der Waals surface area (Å²) in [7, 11) is 0. The highest BCUT2D eigenvalue weighted by molar-refractivity contribution is 5.78. The van der Waals surface area contributed by atoms with Crippen LogP contribution in [0.15, 0.2) is 39.6 Å². The molecule has 1 aromatic heterocycles. The van der Waals surface area contributed by atoms with Gasteiger partial charge in [0.25, 0.3) is 0 Å². The van der Waals surface area contributed by atoms with Crippen LogP contribution >= 0.6 is 0 Å². The SMILES string of the molecule is O=Cc1cccc(-c2cc(=O)o[nH]2)c1. The van der Waals surface area contributed by atoms with Crippen LogP contribution in [0.1, 0.15) is 10.4 Å². The molecule has 1 heterocycles. The van der Waals surface area contributed by atoms with Crippen molar-refractivity contribution in [2.75, 3.05) is 0 Å².